The van der Waals surface area contributed by atoms with Crippen molar-refractivity contribution in [3.63, 3.8) is 0 Å². The maximum Gasteiger partial charge on any atom is 0.404 e. The highest BCUT2D eigenvalue weighted by Crippen LogP contribution is 2.59. The van der Waals surface area contributed by atoms with Gasteiger partial charge in [0.2, 0.25) is 5.91 Å². The lowest BCUT2D eigenvalue weighted by molar-refractivity contribution is -0.137. The van der Waals surface area contributed by atoms with E-state index in [2.05, 4.69) is 30.3 Å². The van der Waals surface area contributed by atoms with Crippen LogP contribution < -0.4 is 5.32 Å². The number of fused-ring (bicyclic) bond motifs is 2. The molecule has 2 aromatic heterocycles. The lowest BCUT2D eigenvalue weighted by Gasteiger charge is -2.33. The van der Waals surface area contributed by atoms with Gasteiger partial charge in [-0.15, -0.1) is 0 Å². The molecule has 4 rings (SSSR count). The van der Waals surface area contributed by atoms with Crippen molar-refractivity contribution in [2.24, 2.45) is 35.0 Å². The zero-order valence-electron chi connectivity index (χ0n) is 30.6. The van der Waals surface area contributed by atoms with Gasteiger partial charge in [-0.05, 0) is 85.7 Å². The molecule has 2 fully saturated rings. The van der Waals surface area contributed by atoms with E-state index in [0.717, 1.165) is 61.7 Å². The number of hydrogen-bond donors (Lipinski definition) is 3. The SMILES string of the molecule is COCCCc1ncc2c(Cl)cc(CC(CC(NC(=O)O)C(O)CC(C(=O)N(C)CCCCCCC34COCC3C4)C(C)C)C(C)C)cn12. The van der Waals surface area contributed by atoms with Gasteiger partial charge in [0.1, 0.15) is 5.82 Å². The van der Waals surface area contributed by atoms with Gasteiger partial charge >= 0.3 is 6.09 Å². The molecule has 276 valence electrons. The van der Waals surface area contributed by atoms with Crippen molar-refractivity contribution >= 4 is 29.1 Å². The van der Waals surface area contributed by atoms with Crippen LogP contribution in [0.25, 0.3) is 5.52 Å². The molecular weight excluding hydrogens is 644 g/mol. The van der Waals surface area contributed by atoms with Crippen LogP contribution in [0.15, 0.2) is 18.5 Å². The quantitative estimate of drug-likeness (QED) is 0.114. The summed E-state index contributed by atoms with van der Waals surface area (Å²) in [6.07, 6.45) is 11.5. The van der Waals surface area contributed by atoms with Crippen LogP contribution in [0.3, 0.4) is 0 Å². The van der Waals surface area contributed by atoms with Crippen molar-refractivity contribution in [1.29, 1.82) is 0 Å². The van der Waals surface area contributed by atoms with Gasteiger partial charge in [-0.25, -0.2) is 9.78 Å². The zero-order valence-corrected chi connectivity index (χ0v) is 31.4. The smallest absolute Gasteiger partial charge is 0.404 e. The maximum atomic E-state index is 13.6. The minimum atomic E-state index is -1.18. The van der Waals surface area contributed by atoms with E-state index in [1.165, 1.54) is 25.7 Å². The molecule has 10 nitrogen and oxygen atoms in total. The first-order chi connectivity index (χ1) is 23.3. The van der Waals surface area contributed by atoms with Gasteiger partial charge in [0, 0.05) is 45.8 Å². The number of rotatable bonds is 22. The molecule has 3 heterocycles. The van der Waals surface area contributed by atoms with Crippen molar-refractivity contribution < 1.29 is 29.3 Å². The molecule has 3 N–H and O–H groups in total. The highest BCUT2D eigenvalue weighted by molar-refractivity contribution is 6.33. The van der Waals surface area contributed by atoms with Crippen LogP contribution in [0.2, 0.25) is 5.02 Å². The number of aromatic nitrogens is 2. The number of carbonyl (C=O) groups excluding carboxylic acids is 1. The third-order valence-electron chi connectivity index (χ3n) is 11.2. The van der Waals surface area contributed by atoms with Gasteiger partial charge < -0.3 is 34.3 Å². The Morgan fingerprint density at radius 2 is 1.92 bits per heavy atom. The number of imidazole rings is 1. The molecule has 2 aliphatic rings. The van der Waals surface area contributed by atoms with Crippen LogP contribution in [-0.4, -0.2) is 89.2 Å². The van der Waals surface area contributed by atoms with E-state index in [1.807, 2.05) is 31.4 Å². The van der Waals surface area contributed by atoms with Crippen molar-refractivity contribution in [1.82, 2.24) is 19.6 Å². The number of nitrogens with one attached hydrogen (secondary N) is 1. The molecule has 49 heavy (non-hydrogen) atoms. The Morgan fingerprint density at radius 1 is 1.16 bits per heavy atom. The fraction of sp³-hybridized carbons (Fsp3) is 0.763. The standard InChI is InChI=1S/C38H61ClN4O6/c1-25(2)28(16-27-17-31(39)33-21-40-35(43(33)22-27)12-11-15-48-6)18-32(41-37(46)47)34(44)19-30(26(3)4)36(45)42(5)14-10-8-7-9-13-38-20-29(38)23-49-24-38/h17,21-22,25-26,28-30,32,34,41,44H,7-16,18-20,23-24H2,1-6H3,(H,46,47). The molecule has 6 atom stereocenters. The summed E-state index contributed by atoms with van der Waals surface area (Å²) in [5, 5.41) is 24.5. The highest BCUT2D eigenvalue weighted by Gasteiger charge is 2.57. The Hall–Kier alpha value is -2.40. The van der Waals surface area contributed by atoms with E-state index in [4.69, 9.17) is 21.1 Å². The number of nitrogens with zero attached hydrogens (tertiary/aromatic N) is 3. The van der Waals surface area contributed by atoms with Crippen molar-refractivity contribution in [3.8, 4) is 0 Å². The summed E-state index contributed by atoms with van der Waals surface area (Å²) in [6.45, 7) is 11.4. The molecule has 1 aliphatic heterocycles. The second-order valence-electron chi connectivity index (χ2n) is 15.6. The number of amides is 2. The summed E-state index contributed by atoms with van der Waals surface area (Å²) in [6, 6.07) is 1.23. The van der Waals surface area contributed by atoms with E-state index in [1.54, 1.807) is 18.2 Å². The number of carbonyl (C=O) groups is 2. The number of methoxy groups -OCH3 is 1. The Bertz CT molecular complexity index is 1370. The van der Waals surface area contributed by atoms with Gasteiger partial charge in [-0.3, -0.25) is 4.79 Å². The maximum absolute atomic E-state index is 13.6. The molecular formula is C38H61ClN4O6. The largest absolute Gasteiger partial charge is 0.465 e. The van der Waals surface area contributed by atoms with Crippen LogP contribution >= 0.6 is 11.6 Å². The zero-order chi connectivity index (χ0) is 35.7. The van der Waals surface area contributed by atoms with Gasteiger partial charge in [-0.2, -0.15) is 0 Å². The molecule has 0 radical (unpaired) electrons. The van der Waals surface area contributed by atoms with E-state index in [-0.39, 0.29) is 30.1 Å². The Labute approximate surface area is 298 Å². The first-order valence-electron chi connectivity index (χ1n) is 18.5. The van der Waals surface area contributed by atoms with Crippen LogP contribution in [-0.2, 0) is 27.1 Å². The fourth-order valence-electron chi connectivity index (χ4n) is 7.80. The third kappa shape index (κ3) is 10.8. The van der Waals surface area contributed by atoms with Gasteiger partial charge in [0.25, 0.3) is 0 Å². The number of unbranched alkanes of at least 4 members (excludes halogenated alkanes) is 3. The second kappa shape index (κ2) is 18.2. The molecule has 2 amide bonds. The molecule has 2 aromatic rings. The van der Waals surface area contributed by atoms with Gasteiger partial charge in [0.05, 0.1) is 42.1 Å². The molecule has 6 unspecified atom stereocenters. The minimum Gasteiger partial charge on any atom is -0.465 e. The van der Waals surface area contributed by atoms with Crippen LogP contribution in [0.4, 0.5) is 4.79 Å². The summed E-state index contributed by atoms with van der Waals surface area (Å²) in [5.74, 6) is 1.55. The van der Waals surface area contributed by atoms with Gasteiger partial charge in [-0.1, -0.05) is 58.6 Å². The Kier molecular flexibility index (Phi) is 14.6. The summed E-state index contributed by atoms with van der Waals surface area (Å²) in [7, 11) is 3.53. The first kappa shape index (κ1) is 39.4. The average Bonchev–Trinajstić information content (AvgIpc) is 3.33. The van der Waals surface area contributed by atoms with Crippen molar-refractivity contribution in [2.45, 2.75) is 110 Å². The Balaban J connectivity index is 1.34. The summed E-state index contributed by atoms with van der Waals surface area (Å²) in [4.78, 5) is 32.0. The second-order valence-corrected chi connectivity index (χ2v) is 16.0. The van der Waals surface area contributed by atoms with Crippen molar-refractivity contribution in [2.75, 3.05) is 40.5 Å². The number of hydrogen-bond acceptors (Lipinski definition) is 6. The van der Waals surface area contributed by atoms with E-state index in [9.17, 15) is 19.8 Å². The minimum absolute atomic E-state index is 0.00233. The van der Waals surface area contributed by atoms with Gasteiger partial charge in [0.15, 0.2) is 0 Å². The lowest BCUT2D eigenvalue weighted by Crippen LogP contribution is -2.47. The number of carboxylic acid groups (broad SMARTS) is 1. The van der Waals surface area contributed by atoms with E-state index >= 15 is 0 Å². The monoisotopic (exact) mass is 704 g/mol. The third-order valence-corrected chi connectivity index (χ3v) is 11.5. The topological polar surface area (TPSA) is 126 Å². The number of aliphatic hydroxyl groups excluding tert-OH is 1. The highest BCUT2D eigenvalue weighted by atomic mass is 35.5. The van der Waals surface area contributed by atoms with E-state index < -0.39 is 24.2 Å². The first-order valence-corrected chi connectivity index (χ1v) is 18.9. The predicted octanol–water partition coefficient (Wildman–Crippen LogP) is 6.88. The number of aliphatic hydroxyl groups is 1. The summed E-state index contributed by atoms with van der Waals surface area (Å²) in [5.41, 5.74) is 2.35. The van der Waals surface area contributed by atoms with Crippen LogP contribution in [0, 0.1) is 35.0 Å². The normalized spacial score (nSPS) is 21.1. The van der Waals surface area contributed by atoms with Crippen LogP contribution in [0.5, 0.6) is 0 Å². The van der Waals surface area contributed by atoms with E-state index in [0.29, 0.717) is 36.4 Å². The molecule has 0 spiro atoms. The summed E-state index contributed by atoms with van der Waals surface area (Å²) >= 11 is 6.70. The predicted molar refractivity (Wildman–Crippen MR) is 193 cm³/mol. The molecule has 0 aromatic carbocycles. The molecule has 1 saturated carbocycles. The summed E-state index contributed by atoms with van der Waals surface area (Å²) < 4.78 is 12.9. The average molecular weight is 705 g/mol. The number of pyridine rings is 1. The number of ether oxygens (including phenoxy) is 2. The van der Waals surface area contributed by atoms with Crippen molar-refractivity contribution in [3.05, 3.63) is 34.9 Å². The number of halogens is 1. The Morgan fingerprint density at radius 3 is 2.55 bits per heavy atom. The molecule has 11 heteroatoms. The molecule has 1 aliphatic carbocycles. The molecule has 0 bridgehead atoms. The molecule has 1 saturated heterocycles. The lowest BCUT2D eigenvalue weighted by atomic mass is 9.80. The fourth-order valence-corrected chi connectivity index (χ4v) is 8.08. The van der Waals surface area contributed by atoms with Crippen LogP contribution in [0.1, 0.15) is 96.9 Å². The number of aryl methyl sites for hydroxylation is 1.